The molecule has 1 aromatic carbocycles. The highest BCUT2D eigenvalue weighted by Gasteiger charge is 2.17. The lowest BCUT2D eigenvalue weighted by molar-refractivity contribution is -0.120. The first kappa shape index (κ1) is 12.6. The van der Waals surface area contributed by atoms with Gasteiger partial charge in [-0.05, 0) is 22.9 Å². The lowest BCUT2D eigenvalue weighted by atomic mass is 10.1. The summed E-state index contributed by atoms with van der Waals surface area (Å²) in [7, 11) is 0. The fraction of sp³-hybridized carbons (Fsp3) is 0.222. The van der Waals surface area contributed by atoms with Gasteiger partial charge >= 0.3 is 0 Å². The number of hydrogen-bond donors (Lipinski definition) is 3. The molecule has 0 spiro atoms. The molecule has 0 bridgehead atoms. The molecular weight excluding hydrogens is 224 g/mol. The van der Waals surface area contributed by atoms with E-state index in [9.17, 15) is 9.70 Å². The maximum absolute atomic E-state index is 11.2. The Labute approximate surface area is 96.4 Å². The Bertz CT molecular complexity index is 430. The van der Waals surface area contributed by atoms with E-state index in [0.29, 0.717) is 5.69 Å². The Morgan fingerprint density at radius 3 is 2.41 bits per heavy atom. The zero-order chi connectivity index (χ0) is 12.7. The topological polar surface area (TPSA) is 131 Å². The van der Waals surface area contributed by atoms with Gasteiger partial charge in [-0.15, -0.1) is 10.0 Å². The molecule has 1 amide bonds. The number of benzene rings is 1. The van der Waals surface area contributed by atoms with Crippen LogP contribution < -0.4 is 5.43 Å². The van der Waals surface area contributed by atoms with Gasteiger partial charge in [0.15, 0.2) is 0 Å². The molecule has 1 rings (SSSR count). The maximum atomic E-state index is 11.2. The molecule has 0 saturated heterocycles. The average Bonchev–Trinajstić information content (AvgIpc) is 2.38. The Balaban J connectivity index is 2.77. The average molecular weight is 234 g/mol. The third-order valence-corrected chi connectivity index (χ3v) is 2.11. The first-order chi connectivity index (χ1) is 8.21. The number of hydrogen-bond acceptors (Lipinski definition) is 6. The van der Waals surface area contributed by atoms with E-state index in [-0.39, 0.29) is 6.42 Å². The first-order valence-electron chi connectivity index (χ1n) is 4.67. The summed E-state index contributed by atoms with van der Waals surface area (Å²) in [4.78, 5) is 21.4. The number of carbonyl (C=O) groups is 1. The van der Waals surface area contributed by atoms with Crippen molar-refractivity contribution in [2.24, 2.45) is 15.5 Å². The van der Waals surface area contributed by atoms with Crippen LogP contribution in [0.4, 0.5) is 5.69 Å². The van der Waals surface area contributed by atoms with E-state index in [4.69, 9.17) is 11.1 Å². The normalized spacial score (nSPS) is 11.3. The van der Waals surface area contributed by atoms with Crippen molar-refractivity contribution in [2.45, 2.75) is 12.5 Å². The van der Waals surface area contributed by atoms with Crippen LogP contribution in [0.5, 0.6) is 0 Å². The summed E-state index contributed by atoms with van der Waals surface area (Å²) < 4.78 is 0. The third-order valence-electron chi connectivity index (χ3n) is 2.11. The predicted octanol–water partition coefficient (Wildman–Crippen LogP) is 2.09. The van der Waals surface area contributed by atoms with Crippen LogP contribution in [-0.2, 0) is 11.2 Å². The highest BCUT2D eigenvalue weighted by atomic mass is 16.3. The number of amides is 1. The summed E-state index contributed by atoms with van der Waals surface area (Å²) in [5, 5.41) is 8.43. The molecule has 1 atom stereocenters. The van der Waals surface area contributed by atoms with Crippen molar-refractivity contribution >= 4 is 11.6 Å². The zero-order valence-corrected chi connectivity index (χ0v) is 8.75. The second-order valence-corrected chi connectivity index (χ2v) is 3.21. The van der Waals surface area contributed by atoms with Gasteiger partial charge in [0.1, 0.15) is 11.7 Å². The van der Waals surface area contributed by atoms with Crippen LogP contribution in [0.2, 0.25) is 0 Å². The molecule has 88 valence electrons. The van der Waals surface area contributed by atoms with E-state index in [0.717, 1.165) is 5.56 Å². The molecule has 0 aromatic heterocycles. The lowest BCUT2D eigenvalue weighted by Gasteiger charge is -2.10. The van der Waals surface area contributed by atoms with E-state index in [1.54, 1.807) is 12.1 Å². The standard InChI is InChI=1S/C9H10N6O2/c10-12-9(16)8(13-15-11)5-6-1-3-7(14-17)4-2-6/h1-4,8,10H,5H2,(H2,11,13)/t8-/m0/s1. The van der Waals surface area contributed by atoms with Crippen LogP contribution in [0.15, 0.2) is 39.8 Å². The second-order valence-electron chi connectivity index (χ2n) is 3.21. The molecule has 0 fully saturated rings. The molecule has 1 aromatic rings. The molecular formula is C9H10N6O2. The van der Waals surface area contributed by atoms with Gasteiger partial charge in [0.25, 0.3) is 5.91 Å². The highest BCUT2D eigenvalue weighted by molar-refractivity contribution is 5.82. The summed E-state index contributed by atoms with van der Waals surface area (Å²) in [5.41, 5.74) is 16.5. The Morgan fingerprint density at radius 2 is 1.94 bits per heavy atom. The lowest BCUT2D eigenvalue weighted by Crippen LogP contribution is -2.33. The van der Waals surface area contributed by atoms with E-state index in [1.807, 2.05) is 0 Å². The van der Waals surface area contributed by atoms with E-state index < -0.39 is 11.9 Å². The summed E-state index contributed by atoms with van der Waals surface area (Å²) in [6.45, 7) is 0. The monoisotopic (exact) mass is 234 g/mol. The van der Waals surface area contributed by atoms with Crippen LogP contribution in [0.3, 0.4) is 0 Å². The summed E-state index contributed by atoms with van der Waals surface area (Å²) in [5.74, 6) is -0.710. The Morgan fingerprint density at radius 1 is 1.29 bits per heavy atom. The molecule has 0 aliphatic heterocycles. The summed E-state index contributed by atoms with van der Waals surface area (Å²) in [6, 6.07) is 5.44. The first-order valence-corrected chi connectivity index (χ1v) is 4.67. The maximum Gasteiger partial charge on any atom is 0.288 e. The molecule has 0 unspecified atom stereocenters. The van der Waals surface area contributed by atoms with Crippen molar-refractivity contribution in [3.05, 3.63) is 34.7 Å². The number of nitrogens with zero attached hydrogens (tertiary/aromatic N) is 3. The van der Waals surface area contributed by atoms with E-state index in [1.165, 1.54) is 12.1 Å². The van der Waals surface area contributed by atoms with Gasteiger partial charge in [-0.25, -0.2) is 5.53 Å². The molecule has 8 heteroatoms. The van der Waals surface area contributed by atoms with Crippen molar-refractivity contribution < 1.29 is 4.79 Å². The summed E-state index contributed by atoms with van der Waals surface area (Å²) >= 11 is 0. The van der Waals surface area contributed by atoms with Crippen molar-refractivity contribution in [1.82, 2.24) is 5.43 Å². The van der Waals surface area contributed by atoms with Crippen molar-refractivity contribution in [3.63, 3.8) is 0 Å². The van der Waals surface area contributed by atoms with Crippen molar-refractivity contribution in [2.75, 3.05) is 0 Å². The smallest absolute Gasteiger partial charge is 0.279 e. The minimum absolute atomic E-state index is 0.225. The van der Waals surface area contributed by atoms with Gasteiger partial charge in [0, 0.05) is 6.42 Å². The molecule has 0 heterocycles. The van der Waals surface area contributed by atoms with Gasteiger partial charge in [-0.1, -0.05) is 17.4 Å². The van der Waals surface area contributed by atoms with Crippen LogP contribution in [0, 0.1) is 16.0 Å². The van der Waals surface area contributed by atoms with Gasteiger partial charge in [-0.2, -0.15) is 5.53 Å². The van der Waals surface area contributed by atoms with Gasteiger partial charge in [0.2, 0.25) is 0 Å². The quantitative estimate of drug-likeness (QED) is 0.395. The van der Waals surface area contributed by atoms with Crippen LogP contribution in [0.25, 0.3) is 0 Å². The third kappa shape index (κ3) is 3.52. The van der Waals surface area contributed by atoms with Crippen molar-refractivity contribution in [1.29, 1.82) is 11.1 Å². The number of nitrogens with one attached hydrogen (secondary N) is 3. The van der Waals surface area contributed by atoms with Gasteiger partial charge in [0.05, 0.1) is 0 Å². The molecule has 0 aliphatic carbocycles. The van der Waals surface area contributed by atoms with E-state index in [2.05, 4.69) is 20.9 Å². The molecule has 3 N–H and O–H groups in total. The molecule has 17 heavy (non-hydrogen) atoms. The molecule has 0 aliphatic rings. The number of rotatable bonds is 6. The predicted molar refractivity (Wildman–Crippen MR) is 57.8 cm³/mol. The minimum atomic E-state index is -0.847. The zero-order valence-electron chi connectivity index (χ0n) is 8.75. The van der Waals surface area contributed by atoms with Gasteiger partial charge in [-0.3, -0.25) is 10.2 Å². The second kappa shape index (κ2) is 6.16. The summed E-state index contributed by atoms with van der Waals surface area (Å²) in [6.07, 6.45) is 0.225. The fourth-order valence-corrected chi connectivity index (χ4v) is 1.27. The number of carbonyl (C=O) groups excluding carboxylic acids is 1. The van der Waals surface area contributed by atoms with E-state index >= 15 is 0 Å². The molecule has 8 nitrogen and oxygen atoms in total. The van der Waals surface area contributed by atoms with Crippen LogP contribution >= 0.6 is 0 Å². The molecule has 0 radical (unpaired) electrons. The van der Waals surface area contributed by atoms with Gasteiger partial charge < -0.3 is 0 Å². The SMILES string of the molecule is N=NN[C@@H](Cc1ccc(N=O)cc1)C(=O)N=N. The minimum Gasteiger partial charge on any atom is -0.279 e. The molecule has 0 saturated carbocycles. The Kier molecular flexibility index (Phi) is 4.55. The Hall–Kier alpha value is -2.51. The van der Waals surface area contributed by atoms with Crippen LogP contribution in [0.1, 0.15) is 5.56 Å². The largest absolute Gasteiger partial charge is 0.288 e. The fourth-order valence-electron chi connectivity index (χ4n) is 1.27. The van der Waals surface area contributed by atoms with Crippen molar-refractivity contribution in [3.8, 4) is 0 Å². The van der Waals surface area contributed by atoms with Crippen LogP contribution in [-0.4, -0.2) is 11.9 Å². The number of nitroso groups, excluding NO2 is 1. The highest BCUT2D eigenvalue weighted by Crippen LogP contribution is 2.13.